The maximum absolute atomic E-state index is 5.89. The van der Waals surface area contributed by atoms with E-state index in [1.165, 1.54) is 5.56 Å². The SMILES string of the molecule is CC(N)C(C)c1nc(C2(c3ccccc3)CC2)no1. The Bertz CT molecular complexity index is 558. The number of hydrogen-bond acceptors (Lipinski definition) is 4. The molecule has 1 saturated carbocycles. The molecule has 2 aromatic rings. The molecule has 1 aliphatic rings. The lowest BCUT2D eigenvalue weighted by atomic mass is 9.95. The highest BCUT2D eigenvalue weighted by molar-refractivity contribution is 5.38. The second kappa shape index (κ2) is 4.46. The van der Waals surface area contributed by atoms with E-state index in [0.29, 0.717) is 5.89 Å². The molecule has 2 atom stereocenters. The van der Waals surface area contributed by atoms with E-state index in [9.17, 15) is 0 Å². The van der Waals surface area contributed by atoms with Crippen LogP contribution in [0.4, 0.5) is 0 Å². The van der Waals surface area contributed by atoms with E-state index in [1.807, 2.05) is 19.9 Å². The summed E-state index contributed by atoms with van der Waals surface area (Å²) in [5.74, 6) is 1.54. The number of rotatable bonds is 4. The fourth-order valence-corrected chi connectivity index (χ4v) is 2.36. The molecule has 4 nitrogen and oxygen atoms in total. The Hall–Kier alpha value is -1.68. The molecule has 0 amide bonds. The van der Waals surface area contributed by atoms with Crippen molar-refractivity contribution < 1.29 is 4.52 Å². The Balaban J connectivity index is 1.91. The van der Waals surface area contributed by atoms with Crippen LogP contribution in [-0.4, -0.2) is 16.2 Å². The van der Waals surface area contributed by atoms with Gasteiger partial charge in [-0.2, -0.15) is 4.98 Å². The molecule has 1 fully saturated rings. The minimum Gasteiger partial charge on any atom is -0.339 e. The van der Waals surface area contributed by atoms with Gasteiger partial charge in [0.2, 0.25) is 5.89 Å². The summed E-state index contributed by atoms with van der Waals surface area (Å²) >= 11 is 0. The number of hydrogen-bond donors (Lipinski definition) is 1. The molecule has 0 spiro atoms. The summed E-state index contributed by atoms with van der Waals surface area (Å²) in [6.07, 6.45) is 2.17. The van der Waals surface area contributed by atoms with Crippen molar-refractivity contribution in [3.8, 4) is 0 Å². The largest absolute Gasteiger partial charge is 0.339 e. The third kappa shape index (κ3) is 2.06. The van der Waals surface area contributed by atoms with Crippen molar-refractivity contribution in [2.24, 2.45) is 5.73 Å². The normalized spacial score (nSPS) is 19.9. The predicted molar refractivity (Wildman–Crippen MR) is 72.8 cm³/mol. The summed E-state index contributed by atoms with van der Waals surface area (Å²) in [6.45, 7) is 3.97. The van der Waals surface area contributed by atoms with Gasteiger partial charge in [-0.25, -0.2) is 0 Å². The second-order valence-electron chi connectivity index (χ2n) is 5.55. The van der Waals surface area contributed by atoms with E-state index in [1.54, 1.807) is 0 Å². The molecule has 1 heterocycles. The van der Waals surface area contributed by atoms with Gasteiger partial charge < -0.3 is 10.3 Å². The Morgan fingerprint density at radius 1 is 1.21 bits per heavy atom. The van der Waals surface area contributed by atoms with Crippen LogP contribution in [0.25, 0.3) is 0 Å². The minimum atomic E-state index is -0.0272. The van der Waals surface area contributed by atoms with Gasteiger partial charge in [-0.15, -0.1) is 0 Å². The van der Waals surface area contributed by atoms with Crippen molar-refractivity contribution in [2.75, 3.05) is 0 Å². The first-order chi connectivity index (χ1) is 9.13. The molecule has 2 N–H and O–H groups in total. The van der Waals surface area contributed by atoms with Crippen LogP contribution in [0.5, 0.6) is 0 Å². The number of aromatic nitrogens is 2. The Morgan fingerprint density at radius 2 is 1.89 bits per heavy atom. The summed E-state index contributed by atoms with van der Waals surface area (Å²) in [5.41, 5.74) is 7.13. The van der Waals surface area contributed by atoms with Gasteiger partial charge in [0.05, 0.1) is 11.3 Å². The van der Waals surface area contributed by atoms with Gasteiger partial charge in [-0.1, -0.05) is 42.4 Å². The smallest absolute Gasteiger partial charge is 0.231 e. The van der Waals surface area contributed by atoms with Crippen molar-refractivity contribution in [3.63, 3.8) is 0 Å². The van der Waals surface area contributed by atoms with E-state index in [0.717, 1.165) is 18.7 Å². The maximum atomic E-state index is 5.89. The average molecular weight is 257 g/mol. The lowest BCUT2D eigenvalue weighted by Crippen LogP contribution is -2.22. The lowest BCUT2D eigenvalue weighted by molar-refractivity contribution is 0.341. The predicted octanol–water partition coefficient (Wildman–Crippen LogP) is 2.60. The van der Waals surface area contributed by atoms with E-state index in [-0.39, 0.29) is 17.4 Å². The Labute approximate surface area is 113 Å². The number of benzene rings is 1. The van der Waals surface area contributed by atoms with Crippen LogP contribution < -0.4 is 5.73 Å². The van der Waals surface area contributed by atoms with Crippen LogP contribution in [0.15, 0.2) is 34.9 Å². The zero-order valence-corrected chi connectivity index (χ0v) is 11.3. The average Bonchev–Trinajstić information content (AvgIpc) is 3.10. The summed E-state index contributed by atoms with van der Waals surface area (Å²) in [7, 11) is 0. The van der Waals surface area contributed by atoms with Gasteiger partial charge in [-0.3, -0.25) is 0 Å². The fourth-order valence-electron chi connectivity index (χ4n) is 2.36. The van der Waals surface area contributed by atoms with Crippen molar-refractivity contribution in [1.29, 1.82) is 0 Å². The summed E-state index contributed by atoms with van der Waals surface area (Å²) in [4.78, 5) is 4.58. The minimum absolute atomic E-state index is 0.0141. The molecule has 100 valence electrons. The zero-order valence-electron chi connectivity index (χ0n) is 11.3. The first kappa shape index (κ1) is 12.4. The molecule has 2 unspecified atom stereocenters. The first-order valence-corrected chi connectivity index (χ1v) is 6.79. The van der Waals surface area contributed by atoms with Crippen molar-refractivity contribution in [3.05, 3.63) is 47.6 Å². The van der Waals surface area contributed by atoms with Gasteiger partial charge >= 0.3 is 0 Å². The standard InChI is InChI=1S/C15H19N3O/c1-10(11(2)16)13-17-14(18-19-13)15(8-9-15)12-6-4-3-5-7-12/h3-7,10-11H,8-9,16H2,1-2H3. The first-order valence-electron chi connectivity index (χ1n) is 6.79. The Kier molecular flexibility index (Phi) is 2.90. The number of nitrogens with two attached hydrogens (primary N) is 1. The monoisotopic (exact) mass is 257 g/mol. The highest BCUT2D eigenvalue weighted by Crippen LogP contribution is 2.52. The summed E-state index contributed by atoms with van der Waals surface area (Å²) < 4.78 is 5.39. The van der Waals surface area contributed by atoms with Gasteiger partial charge in [0.1, 0.15) is 0 Å². The molecular formula is C15H19N3O. The molecule has 0 saturated heterocycles. The van der Waals surface area contributed by atoms with Crippen LogP contribution in [0, 0.1) is 0 Å². The highest BCUT2D eigenvalue weighted by Gasteiger charge is 2.50. The van der Waals surface area contributed by atoms with Crippen molar-refractivity contribution in [1.82, 2.24) is 10.1 Å². The molecule has 19 heavy (non-hydrogen) atoms. The van der Waals surface area contributed by atoms with Crippen LogP contribution in [0.1, 0.15) is 49.9 Å². The third-order valence-corrected chi connectivity index (χ3v) is 4.12. The van der Waals surface area contributed by atoms with E-state index >= 15 is 0 Å². The summed E-state index contributed by atoms with van der Waals surface area (Å²) in [5, 5.41) is 4.19. The van der Waals surface area contributed by atoms with E-state index in [4.69, 9.17) is 10.3 Å². The van der Waals surface area contributed by atoms with Gasteiger partial charge in [0.25, 0.3) is 0 Å². The second-order valence-corrected chi connectivity index (χ2v) is 5.55. The van der Waals surface area contributed by atoms with Crippen LogP contribution in [0.3, 0.4) is 0 Å². The number of nitrogens with zero attached hydrogens (tertiary/aromatic N) is 2. The topological polar surface area (TPSA) is 64.9 Å². The molecule has 1 aromatic heterocycles. The molecule has 0 aliphatic heterocycles. The molecule has 1 aromatic carbocycles. The van der Waals surface area contributed by atoms with Crippen LogP contribution in [-0.2, 0) is 5.41 Å². The quantitative estimate of drug-likeness (QED) is 0.914. The molecule has 0 radical (unpaired) electrons. The molecule has 0 bridgehead atoms. The van der Waals surface area contributed by atoms with Crippen molar-refractivity contribution in [2.45, 2.75) is 44.1 Å². The fraction of sp³-hybridized carbons (Fsp3) is 0.467. The van der Waals surface area contributed by atoms with Gasteiger partial charge in [0, 0.05) is 6.04 Å². The molecular weight excluding hydrogens is 238 g/mol. The third-order valence-electron chi connectivity index (χ3n) is 4.12. The maximum Gasteiger partial charge on any atom is 0.231 e. The highest BCUT2D eigenvalue weighted by atomic mass is 16.5. The molecule has 4 heteroatoms. The zero-order chi connectivity index (χ0) is 13.5. The van der Waals surface area contributed by atoms with Crippen molar-refractivity contribution >= 4 is 0 Å². The van der Waals surface area contributed by atoms with Crippen LogP contribution >= 0.6 is 0 Å². The van der Waals surface area contributed by atoms with Gasteiger partial charge in [-0.05, 0) is 25.3 Å². The van der Waals surface area contributed by atoms with Gasteiger partial charge in [0.15, 0.2) is 5.82 Å². The Morgan fingerprint density at radius 3 is 2.47 bits per heavy atom. The molecule has 3 rings (SSSR count). The lowest BCUT2D eigenvalue weighted by Gasteiger charge is -2.11. The van der Waals surface area contributed by atoms with Crippen LogP contribution in [0.2, 0.25) is 0 Å². The van der Waals surface area contributed by atoms with E-state index < -0.39 is 0 Å². The van der Waals surface area contributed by atoms with E-state index in [2.05, 4.69) is 34.4 Å². The summed E-state index contributed by atoms with van der Waals surface area (Å²) in [6, 6.07) is 10.4. The molecule has 1 aliphatic carbocycles.